The zero-order chi connectivity index (χ0) is 22.8. The highest BCUT2D eigenvalue weighted by Gasteiger charge is 2.54. The van der Waals surface area contributed by atoms with Crippen LogP contribution in [0.5, 0.6) is 0 Å². The van der Waals surface area contributed by atoms with Gasteiger partial charge in [0.05, 0.1) is 18.6 Å². The molecule has 29 heavy (non-hydrogen) atoms. The quantitative estimate of drug-likeness (QED) is 0.134. The Bertz CT molecular complexity index is 619. The molecule has 1 saturated heterocycles. The van der Waals surface area contributed by atoms with Crippen molar-refractivity contribution in [1.82, 2.24) is 4.57 Å². The topological polar surface area (TPSA) is 38.8 Å². The van der Waals surface area contributed by atoms with Crippen molar-refractivity contribution >= 4 is 34.2 Å². The van der Waals surface area contributed by atoms with Gasteiger partial charge in [-0.25, -0.2) is 0 Å². The van der Waals surface area contributed by atoms with E-state index in [-0.39, 0.29) is 22.0 Å². The maximum Gasteiger partial charge on any atom is 0.244 e. The number of β-lactam (4-membered cyclic amide) rings is 1. The first-order valence-corrected chi connectivity index (χ1v) is 18.0. The minimum atomic E-state index is -1.95. The molecule has 0 spiro atoms. The highest BCUT2D eigenvalue weighted by Crippen LogP contribution is 2.46. The summed E-state index contributed by atoms with van der Waals surface area (Å²) >= 11 is 1.66. The highest BCUT2D eigenvalue weighted by atomic mass is 32.2. The highest BCUT2D eigenvalue weighted by molar-refractivity contribution is 7.98. The van der Waals surface area contributed by atoms with Crippen molar-refractivity contribution in [2.45, 2.75) is 97.2 Å². The summed E-state index contributed by atoms with van der Waals surface area (Å²) in [6, 6.07) is 0.158. The van der Waals surface area contributed by atoms with Crippen LogP contribution in [0, 0.1) is 0 Å². The summed E-state index contributed by atoms with van der Waals surface area (Å²) in [7, 11) is -3.74. The molecule has 170 valence electrons. The fourth-order valence-electron chi connectivity index (χ4n) is 3.22. The predicted octanol–water partition coefficient (Wildman–Crippen LogP) is 6.27. The fourth-order valence-corrected chi connectivity index (χ4v) is 6.92. The minimum absolute atomic E-state index is 0.121. The second-order valence-electron chi connectivity index (χ2n) is 11.3. The molecule has 0 bridgehead atoms. The number of thioether (sulfide) groups is 1. The monoisotopic (exact) mass is 459 g/mol. The summed E-state index contributed by atoms with van der Waals surface area (Å²) < 4.78 is 14.4. The van der Waals surface area contributed by atoms with Gasteiger partial charge in [-0.15, -0.1) is 11.8 Å². The summed E-state index contributed by atoms with van der Waals surface area (Å²) in [4.78, 5) is 13.3. The maximum atomic E-state index is 13.3. The van der Waals surface area contributed by atoms with E-state index in [2.05, 4.69) is 79.2 Å². The molecule has 1 aliphatic heterocycles. The van der Waals surface area contributed by atoms with Crippen molar-refractivity contribution in [2.24, 2.45) is 0 Å². The minimum Gasteiger partial charge on any atom is -0.417 e. The zero-order valence-corrected chi connectivity index (χ0v) is 23.8. The van der Waals surface area contributed by atoms with E-state index in [1.165, 1.54) is 0 Å². The van der Waals surface area contributed by atoms with Crippen molar-refractivity contribution < 1.29 is 14.0 Å². The molecule has 0 aliphatic carbocycles. The maximum absolute atomic E-state index is 13.3. The molecule has 1 fully saturated rings. The Hall–Kier alpha value is -0.0862. The van der Waals surface area contributed by atoms with Crippen molar-refractivity contribution in [3.8, 4) is 0 Å². The second kappa shape index (κ2) is 9.59. The van der Waals surface area contributed by atoms with Gasteiger partial charge in [0, 0.05) is 12.2 Å². The molecule has 1 unspecified atom stereocenters. The third-order valence-corrected chi connectivity index (χ3v) is 17.5. The normalized spacial score (nSPS) is 20.8. The number of carbonyl (C=O) groups excluding carboxylic acids is 1. The van der Waals surface area contributed by atoms with Gasteiger partial charge >= 0.3 is 0 Å². The Labute approximate surface area is 186 Å². The standard InChI is InChI=1S/C22H45NO3SSi2/c1-17(15-25-16-27-8)19-18(13-14-26-29(11,12)22(5,6)7)23(20(19)24)28(9,10)21(2,3)4/h18H,13-16H2,1-12H3/b19-17+. The fraction of sp³-hybridized carbons (Fsp3) is 0.864. The van der Waals surface area contributed by atoms with E-state index in [1.807, 2.05) is 6.26 Å². The molecule has 0 N–H and O–H groups in total. The molecule has 0 radical (unpaired) electrons. The Kier molecular flexibility index (Phi) is 8.91. The third-order valence-electron chi connectivity index (χ3n) is 7.17. The number of ether oxygens (including phenoxy) is 1. The van der Waals surface area contributed by atoms with Crippen LogP contribution in [0.4, 0.5) is 0 Å². The number of rotatable bonds is 9. The largest absolute Gasteiger partial charge is 0.417 e. The third kappa shape index (κ3) is 6.00. The van der Waals surface area contributed by atoms with Crippen LogP contribution in [0.1, 0.15) is 54.9 Å². The summed E-state index contributed by atoms with van der Waals surface area (Å²) in [5, 5.41) is 0.317. The van der Waals surface area contributed by atoms with Gasteiger partial charge in [0.15, 0.2) is 16.6 Å². The van der Waals surface area contributed by atoms with Crippen LogP contribution in [-0.4, -0.2) is 58.5 Å². The van der Waals surface area contributed by atoms with Gasteiger partial charge in [-0.3, -0.25) is 4.79 Å². The lowest BCUT2D eigenvalue weighted by molar-refractivity contribution is -0.131. The summed E-state index contributed by atoms with van der Waals surface area (Å²) in [5.74, 6) is 0.878. The molecule has 1 atom stereocenters. The Morgan fingerprint density at radius 1 is 1.07 bits per heavy atom. The SMILES string of the molecule is CSCOC/C(C)=C1/C(=O)N([Si](C)(C)C(C)(C)C)C1CCO[Si](C)(C)C(C)(C)C. The first-order valence-electron chi connectivity index (χ1n) is 10.7. The molecule has 0 aromatic heterocycles. The number of nitrogens with zero attached hydrogens (tertiary/aromatic N) is 1. The van der Waals surface area contributed by atoms with E-state index >= 15 is 0 Å². The lowest BCUT2D eigenvalue weighted by Crippen LogP contribution is -2.70. The number of carbonyl (C=O) groups is 1. The van der Waals surface area contributed by atoms with Crippen LogP contribution in [0.25, 0.3) is 0 Å². The van der Waals surface area contributed by atoms with E-state index < -0.39 is 16.6 Å². The van der Waals surface area contributed by atoms with Gasteiger partial charge in [0.25, 0.3) is 0 Å². The van der Waals surface area contributed by atoms with Gasteiger partial charge in [-0.2, -0.15) is 0 Å². The van der Waals surface area contributed by atoms with Crippen LogP contribution < -0.4 is 0 Å². The Balaban J connectivity index is 3.07. The van der Waals surface area contributed by atoms with E-state index in [0.717, 1.165) is 17.6 Å². The van der Waals surface area contributed by atoms with E-state index in [9.17, 15) is 4.79 Å². The predicted molar refractivity (Wildman–Crippen MR) is 133 cm³/mol. The lowest BCUT2D eigenvalue weighted by atomic mass is 9.91. The molecule has 1 heterocycles. The molecular weight excluding hydrogens is 414 g/mol. The van der Waals surface area contributed by atoms with E-state index in [0.29, 0.717) is 19.2 Å². The number of hydrogen-bond donors (Lipinski definition) is 0. The van der Waals surface area contributed by atoms with Gasteiger partial charge in [-0.05, 0) is 48.3 Å². The van der Waals surface area contributed by atoms with Crippen LogP contribution in [0.2, 0.25) is 36.3 Å². The number of amides is 1. The molecule has 1 aliphatic rings. The van der Waals surface area contributed by atoms with Crippen LogP contribution >= 0.6 is 11.8 Å². The first-order chi connectivity index (χ1) is 13.0. The van der Waals surface area contributed by atoms with Crippen molar-refractivity contribution in [3.63, 3.8) is 0 Å². The van der Waals surface area contributed by atoms with Crippen molar-refractivity contribution in [2.75, 3.05) is 25.4 Å². The van der Waals surface area contributed by atoms with Gasteiger partial charge < -0.3 is 13.7 Å². The Morgan fingerprint density at radius 2 is 1.62 bits per heavy atom. The Morgan fingerprint density at radius 3 is 2.07 bits per heavy atom. The lowest BCUT2D eigenvalue weighted by Gasteiger charge is -2.56. The molecular formula is C22H45NO3SSi2. The van der Waals surface area contributed by atoms with Crippen LogP contribution in [0.15, 0.2) is 11.1 Å². The van der Waals surface area contributed by atoms with Crippen LogP contribution in [-0.2, 0) is 14.0 Å². The average molecular weight is 460 g/mol. The molecule has 0 aromatic rings. The van der Waals surface area contributed by atoms with E-state index in [1.54, 1.807) is 11.8 Å². The average Bonchev–Trinajstić information content (AvgIpc) is 2.51. The van der Waals surface area contributed by atoms with Gasteiger partial charge in [-0.1, -0.05) is 54.6 Å². The second-order valence-corrected chi connectivity index (χ2v) is 22.1. The van der Waals surface area contributed by atoms with Crippen molar-refractivity contribution in [1.29, 1.82) is 0 Å². The summed E-state index contributed by atoms with van der Waals surface area (Å²) in [6.07, 6.45) is 2.90. The zero-order valence-electron chi connectivity index (χ0n) is 21.0. The molecule has 0 aromatic carbocycles. The van der Waals surface area contributed by atoms with E-state index in [4.69, 9.17) is 9.16 Å². The molecule has 0 saturated carbocycles. The number of hydrogen-bond acceptors (Lipinski definition) is 4. The van der Waals surface area contributed by atoms with Crippen molar-refractivity contribution in [3.05, 3.63) is 11.1 Å². The first kappa shape index (κ1) is 26.9. The summed E-state index contributed by atoms with van der Waals surface area (Å²) in [5.41, 5.74) is 2.05. The molecule has 4 nitrogen and oxygen atoms in total. The summed E-state index contributed by atoms with van der Waals surface area (Å²) in [6.45, 7) is 26.2. The van der Waals surface area contributed by atoms with Crippen LogP contribution in [0.3, 0.4) is 0 Å². The molecule has 7 heteroatoms. The molecule has 1 rings (SSSR count). The smallest absolute Gasteiger partial charge is 0.244 e. The van der Waals surface area contributed by atoms with Gasteiger partial charge in [0.2, 0.25) is 5.91 Å². The molecule has 1 amide bonds. The van der Waals surface area contributed by atoms with Gasteiger partial charge in [0.1, 0.15) is 0 Å².